The molecule has 2 heterocycles. The Kier molecular flexibility index (Phi) is 4.80. The highest BCUT2D eigenvalue weighted by molar-refractivity contribution is 5.19. The lowest BCUT2D eigenvalue weighted by Crippen LogP contribution is -2.35. The van der Waals surface area contributed by atoms with Crippen LogP contribution >= 0.6 is 0 Å². The highest BCUT2D eigenvalue weighted by Crippen LogP contribution is 2.17. The summed E-state index contributed by atoms with van der Waals surface area (Å²) < 4.78 is 16.5. The molecule has 1 aliphatic heterocycles. The SMILES string of the molecule is Cc1cc(COC2COC2)oc1CNCC(C)C. The first-order valence-corrected chi connectivity index (χ1v) is 6.63. The largest absolute Gasteiger partial charge is 0.462 e. The highest BCUT2D eigenvalue weighted by Gasteiger charge is 2.19. The van der Waals surface area contributed by atoms with Crippen molar-refractivity contribution in [2.75, 3.05) is 19.8 Å². The monoisotopic (exact) mass is 253 g/mol. The van der Waals surface area contributed by atoms with Crippen LogP contribution < -0.4 is 5.32 Å². The zero-order chi connectivity index (χ0) is 13.0. The molecule has 0 amide bonds. The molecule has 102 valence electrons. The van der Waals surface area contributed by atoms with Crippen LogP contribution in [-0.4, -0.2) is 25.9 Å². The minimum Gasteiger partial charge on any atom is -0.462 e. The van der Waals surface area contributed by atoms with Crippen molar-refractivity contribution in [2.24, 2.45) is 5.92 Å². The van der Waals surface area contributed by atoms with Gasteiger partial charge in [-0.2, -0.15) is 0 Å². The maximum atomic E-state index is 5.79. The lowest BCUT2D eigenvalue weighted by molar-refractivity contribution is -0.137. The van der Waals surface area contributed by atoms with Crippen molar-refractivity contribution in [3.05, 3.63) is 23.2 Å². The zero-order valence-corrected chi connectivity index (χ0v) is 11.5. The van der Waals surface area contributed by atoms with Gasteiger partial charge in [-0.15, -0.1) is 0 Å². The molecule has 0 unspecified atom stereocenters. The Labute approximate surface area is 109 Å². The van der Waals surface area contributed by atoms with Gasteiger partial charge in [0.1, 0.15) is 24.2 Å². The number of hydrogen-bond donors (Lipinski definition) is 1. The van der Waals surface area contributed by atoms with Crippen molar-refractivity contribution >= 4 is 0 Å². The van der Waals surface area contributed by atoms with Crippen LogP contribution in [0.15, 0.2) is 10.5 Å². The third-order valence-electron chi connectivity index (χ3n) is 2.98. The number of nitrogens with one attached hydrogen (secondary N) is 1. The van der Waals surface area contributed by atoms with Gasteiger partial charge in [0.15, 0.2) is 0 Å². The smallest absolute Gasteiger partial charge is 0.130 e. The number of rotatable bonds is 7. The molecular formula is C14H23NO3. The van der Waals surface area contributed by atoms with Gasteiger partial charge >= 0.3 is 0 Å². The third kappa shape index (κ3) is 3.83. The second-order valence-electron chi connectivity index (χ2n) is 5.31. The average Bonchev–Trinajstić information content (AvgIpc) is 2.57. The fraction of sp³-hybridized carbons (Fsp3) is 0.714. The number of furan rings is 1. The molecule has 18 heavy (non-hydrogen) atoms. The predicted molar refractivity (Wildman–Crippen MR) is 69.4 cm³/mol. The van der Waals surface area contributed by atoms with Crippen LogP contribution in [0.4, 0.5) is 0 Å². The van der Waals surface area contributed by atoms with Gasteiger partial charge in [0.05, 0.1) is 19.8 Å². The van der Waals surface area contributed by atoms with E-state index in [4.69, 9.17) is 13.9 Å². The predicted octanol–water partition coefficient (Wildman–Crippen LogP) is 2.25. The van der Waals surface area contributed by atoms with E-state index < -0.39 is 0 Å². The first-order chi connectivity index (χ1) is 8.65. The second kappa shape index (κ2) is 6.36. The molecule has 0 saturated carbocycles. The van der Waals surface area contributed by atoms with E-state index in [2.05, 4.69) is 32.2 Å². The van der Waals surface area contributed by atoms with E-state index in [1.165, 1.54) is 5.56 Å². The molecule has 4 heteroatoms. The Hall–Kier alpha value is -0.840. The third-order valence-corrected chi connectivity index (χ3v) is 2.98. The molecule has 0 atom stereocenters. The number of ether oxygens (including phenoxy) is 2. The molecule has 1 fully saturated rings. The van der Waals surface area contributed by atoms with Gasteiger partial charge in [-0.3, -0.25) is 0 Å². The maximum Gasteiger partial charge on any atom is 0.130 e. The standard InChI is InChI=1S/C14H23NO3/c1-10(2)5-15-6-14-11(3)4-12(18-14)9-17-13-7-16-8-13/h4,10,13,15H,5-9H2,1-3H3. The summed E-state index contributed by atoms with van der Waals surface area (Å²) in [6.07, 6.45) is 0.248. The van der Waals surface area contributed by atoms with Gasteiger partial charge in [-0.25, -0.2) is 0 Å². The summed E-state index contributed by atoms with van der Waals surface area (Å²) in [6.45, 7) is 10.2. The van der Waals surface area contributed by atoms with Crippen LogP contribution in [0.5, 0.6) is 0 Å². The zero-order valence-electron chi connectivity index (χ0n) is 11.5. The molecule has 0 aromatic carbocycles. The molecule has 0 bridgehead atoms. The summed E-state index contributed by atoms with van der Waals surface area (Å²) in [5.74, 6) is 2.57. The molecule has 2 rings (SSSR count). The van der Waals surface area contributed by atoms with E-state index in [9.17, 15) is 0 Å². The number of hydrogen-bond acceptors (Lipinski definition) is 4. The lowest BCUT2D eigenvalue weighted by atomic mass is 10.2. The second-order valence-corrected chi connectivity index (χ2v) is 5.31. The van der Waals surface area contributed by atoms with Crippen molar-refractivity contribution in [3.63, 3.8) is 0 Å². The van der Waals surface area contributed by atoms with Crippen LogP contribution in [0.2, 0.25) is 0 Å². The quantitative estimate of drug-likeness (QED) is 0.809. The van der Waals surface area contributed by atoms with Crippen LogP contribution in [0.1, 0.15) is 30.9 Å². The van der Waals surface area contributed by atoms with E-state index in [-0.39, 0.29) is 6.10 Å². The Balaban J connectivity index is 1.77. The first-order valence-electron chi connectivity index (χ1n) is 6.63. The van der Waals surface area contributed by atoms with Crippen molar-refractivity contribution in [2.45, 2.75) is 40.0 Å². The Morgan fingerprint density at radius 3 is 2.83 bits per heavy atom. The fourth-order valence-electron chi connectivity index (χ4n) is 1.82. The maximum absolute atomic E-state index is 5.79. The van der Waals surface area contributed by atoms with Crippen molar-refractivity contribution in [1.82, 2.24) is 5.32 Å². The molecule has 1 N–H and O–H groups in total. The lowest BCUT2D eigenvalue weighted by Gasteiger charge is -2.25. The minimum absolute atomic E-state index is 0.248. The molecule has 1 aliphatic rings. The van der Waals surface area contributed by atoms with Gasteiger partial charge in [0, 0.05) is 0 Å². The van der Waals surface area contributed by atoms with Crippen LogP contribution in [0, 0.1) is 12.8 Å². The van der Waals surface area contributed by atoms with E-state index in [1.807, 2.05) is 0 Å². The minimum atomic E-state index is 0.248. The molecule has 1 saturated heterocycles. The van der Waals surface area contributed by atoms with Crippen LogP contribution in [-0.2, 0) is 22.6 Å². The van der Waals surface area contributed by atoms with Crippen molar-refractivity contribution in [3.8, 4) is 0 Å². The molecule has 1 aromatic rings. The Morgan fingerprint density at radius 1 is 1.44 bits per heavy atom. The molecule has 0 aliphatic carbocycles. The average molecular weight is 253 g/mol. The highest BCUT2D eigenvalue weighted by atomic mass is 16.6. The van der Waals surface area contributed by atoms with E-state index in [0.29, 0.717) is 25.7 Å². The van der Waals surface area contributed by atoms with Gasteiger partial charge in [-0.1, -0.05) is 13.8 Å². The Bertz CT molecular complexity index is 369. The summed E-state index contributed by atoms with van der Waals surface area (Å²) in [6, 6.07) is 2.06. The molecular weight excluding hydrogens is 230 g/mol. The van der Waals surface area contributed by atoms with Gasteiger partial charge in [-0.05, 0) is 31.0 Å². The van der Waals surface area contributed by atoms with E-state index >= 15 is 0 Å². The summed E-state index contributed by atoms with van der Waals surface area (Å²) in [5, 5.41) is 3.39. The number of aryl methyl sites for hydroxylation is 1. The Morgan fingerprint density at radius 2 is 2.22 bits per heavy atom. The first kappa shape index (κ1) is 13.6. The summed E-state index contributed by atoms with van der Waals surface area (Å²) in [7, 11) is 0. The van der Waals surface area contributed by atoms with Crippen molar-refractivity contribution < 1.29 is 13.9 Å². The van der Waals surface area contributed by atoms with Gasteiger partial charge in [0.25, 0.3) is 0 Å². The normalized spacial score (nSPS) is 16.2. The van der Waals surface area contributed by atoms with Gasteiger partial charge in [0.2, 0.25) is 0 Å². The van der Waals surface area contributed by atoms with E-state index in [1.54, 1.807) is 0 Å². The van der Waals surface area contributed by atoms with Crippen molar-refractivity contribution in [1.29, 1.82) is 0 Å². The topological polar surface area (TPSA) is 43.6 Å². The van der Waals surface area contributed by atoms with Crippen LogP contribution in [0.25, 0.3) is 0 Å². The molecule has 0 spiro atoms. The fourth-order valence-corrected chi connectivity index (χ4v) is 1.82. The summed E-state index contributed by atoms with van der Waals surface area (Å²) in [5.41, 5.74) is 1.19. The van der Waals surface area contributed by atoms with Gasteiger partial charge < -0.3 is 19.2 Å². The summed E-state index contributed by atoms with van der Waals surface area (Å²) >= 11 is 0. The van der Waals surface area contributed by atoms with Crippen LogP contribution in [0.3, 0.4) is 0 Å². The molecule has 0 radical (unpaired) electrons. The summed E-state index contributed by atoms with van der Waals surface area (Å²) in [4.78, 5) is 0. The molecule has 4 nitrogen and oxygen atoms in total. The molecule has 1 aromatic heterocycles. The van der Waals surface area contributed by atoms with E-state index in [0.717, 1.165) is 24.6 Å².